The molecule has 6 nitrogen and oxygen atoms in total. The van der Waals surface area contributed by atoms with E-state index >= 15 is 0 Å². The van der Waals surface area contributed by atoms with E-state index in [1.165, 1.54) is 16.9 Å². The Morgan fingerprint density at radius 2 is 1.91 bits per heavy atom. The van der Waals surface area contributed by atoms with Gasteiger partial charge in [-0.1, -0.05) is 0 Å². The molecule has 22 heavy (non-hydrogen) atoms. The summed E-state index contributed by atoms with van der Waals surface area (Å²) in [7, 11) is -1.56. The van der Waals surface area contributed by atoms with Gasteiger partial charge in [-0.05, 0) is 12.1 Å². The molecular weight excluding hydrogens is 323 g/mol. The Balaban J connectivity index is 2.52. The van der Waals surface area contributed by atoms with Crippen LogP contribution < -0.4 is 4.31 Å². The number of phenols is 1. The summed E-state index contributed by atoms with van der Waals surface area (Å²) in [6.07, 6.45) is -3.28. The first kappa shape index (κ1) is 16.1. The van der Waals surface area contributed by atoms with Crippen LogP contribution in [0.1, 0.15) is 5.56 Å². The van der Waals surface area contributed by atoms with Crippen molar-refractivity contribution in [3.8, 4) is 5.75 Å². The molecule has 2 rings (SSSR count). The van der Waals surface area contributed by atoms with E-state index < -0.39 is 32.4 Å². The predicted octanol–water partition coefficient (Wildman–Crippen LogP) is 1.97. The zero-order chi connectivity index (χ0) is 16.7. The van der Waals surface area contributed by atoms with Crippen molar-refractivity contribution in [1.29, 1.82) is 0 Å². The van der Waals surface area contributed by atoms with E-state index in [4.69, 9.17) is 0 Å². The molecule has 0 radical (unpaired) electrons. The Morgan fingerprint density at radius 1 is 1.27 bits per heavy atom. The molecule has 0 amide bonds. The highest BCUT2D eigenvalue weighted by atomic mass is 32.2. The number of alkyl halides is 3. The van der Waals surface area contributed by atoms with E-state index in [2.05, 4.69) is 5.10 Å². The van der Waals surface area contributed by atoms with Crippen molar-refractivity contribution in [1.82, 2.24) is 9.78 Å². The van der Waals surface area contributed by atoms with Gasteiger partial charge in [-0.15, -0.1) is 0 Å². The monoisotopic (exact) mass is 335 g/mol. The SMILES string of the molecule is CN(c1ccn(C)n1)S(=O)(=O)c1cc(O)cc(C(F)(F)F)c1. The lowest BCUT2D eigenvalue weighted by atomic mass is 10.2. The average Bonchev–Trinajstić information content (AvgIpc) is 2.82. The van der Waals surface area contributed by atoms with E-state index in [0.717, 1.165) is 17.4 Å². The molecule has 0 aliphatic carbocycles. The normalized spacial score (nSPS) is 12.4. The van der Waals surface area contributed by atoms with Crippen molar-refractivity contribution in [3.63, 3.8) is 0 Å². The van der Waals surface area contributed by atoms with E-state index in [1.54, 1.807) is 7.05 Å². The molecule has 10 heteroatoms. The number of hydrogen-bond acceptors (Lipinski definition) is 4. The maximum atomic E-state index is 12.7. The van der Waals surface area contributed by atoms with Gasteiger partial charge >= 0.3 is 6.18 Å². The Kier molecular flexibility index (Phi) is 3.81. The summed E-state index contributed by atoms with van der Waals surface area (Å²) in [5.41, 5.74) is -1.25. The molecule has 0 saturated carbocycles. The largest absolute Gasteiger partial charge is 0.508 e. The summed E-state index contributed by atoms with van der Waals surface area (Å²) in [5, 5.41) is 13.2. The van der Waals surface area contributed by atoms with Crippen LogP contribution in [0.3, 0.4) is 0 Å². The van der Waals surface area contributed by atoms with Crippen LogP contribution in [0, 0.1) is 0 Å². The molecule has 120 valence electrons. The third-order valence-corrected chi connectivity index (χ3v) is 4.64. The van der Waals surface area contributed by atoms with Gasteiger partial charge in [0, 0.05) is 32.4 Å². The Bertz CT molecular complexity index is 799. The number of aromatic nitrogens is 2. The fourth-order valence-corrected chi connectivity index (χ4v) is 2.95. The fraction of sp³-hybridized carbons (Fsp3) is 0.250. The van der Waals surface area contributed by atoms with Gasteiger partial charge in [-0.2, -0.15) is 18.3 Å². The summed E-state index contributed by atoms with van der Waals surface area (Å²) in [6.45, 7) is 0. The molecule has 1 aromatic heterocycles. The molecular formula is C12H12F3N3O3S. The van der Waals surface area contributed by atoms with E-state index in [-0.39, 0.29) is 5.82 Å². The Morgan fingerprint density at radius 3 is 2.41 bits per heavy atom. The smallest absolute Gasteiger partial charge is 0.416 e. The van der Waals surface area contributed by atoms with Crippen LogP contribution in [-0.2, 0) is 23.2 Å². The number of sulfonamides is 1. The van der Waals surface area contributed by atoms with Crippen LogP contribution >= 0.6 is 0 Å². The van der Waals surface area contributed by atoms with Gasteiger partial charge in [0.15, 0.2) is 5.82 Å². The predicted molar refractivity (Wildman–Crippen MR) is 71.9 cm³/mol. The van der Waals surface area contributed by atoms with Gasteiger partial charge in [0.25, 0.3) is 10.0 Å². The number of hydrogen-bond donors (Lipinski definition) is 1. The fourth-order valence-electron chi connectivity index (χ4n) is 1.75. The van der Waals surface area contributed by atoms with Crippen molar-refractivity contribution in [2.75, 3.05) is 11.4 Å². The topological polar surface area (TPSA) is 75.4 Å². The summed E-state index contributed by atoms with van der Waals surface area (Å²) in [4.78, 5) is -0.673. The first-order valence-corrected chi connectivity index (χ1v) is 7.35. The summed E-state index contributed by atoms with van der Waals surface area (Å²) in [5.74, 6) is -0.748. The van der Waals surface area contributed by atoms with Crippen LogP contribution in [0.5, 0.6) is 5.75 Å². The minimum atomic E-state index is -4.77. The van der Waals surface area contributed by atoms with Crippen molar-refractivity contribution in [2.24, 2.45) is 7.05 Å². The number of anilines is 1. The van der Waals surface area contributed by atoms with Crippen LogP contribution in [0.15, 0.2) is 35.4 Å². The Labute approximate surface area is 124 Å². The third-order valence-electron chi connectivity index (χ3n) is 2.90. The highest BCUT2D eigenvalue weighted by Crippen LogP contribution is 2.34. The first-order valence-electron chi connectivity index (χ1n) is 5.91. The molecule has 1 heterocycles. The highest BCUT2D eigenvalue weighted by Gasteiger charge is 2.33. The molecule has 0 bridgehead atoms. The molecule has 0 aliphatic rings. The number of nitrogens with zero attached hydrogens (tertiary/aromatic N) is 3. The van der Waals surface area contributed by atoms with Gasteiger partial charge in [-0.3, -0.25) is 8.99 Å². The molecule has 0 fully saturated rings. The number of benzene rings is 1. The number of aromatic hydroxyl groups is 1. The standard InChI is InChI=1S/C12H12F3N3O3S/c1-17-4-3-11(16-17)18(2)22(20,21)10-6-8(12(13,14)15)5-9(19)7-10/h3-7,19H,1-2H3. The van der Waals surface area contributed by atoms with Gasteiger partial charge in [-0.25, -0.2) is 8.42 Å². The second-order valence-corrected chi connectivity index (χ2v) is 6.50. The van der Waals surface area contributed by atoms with Gasteiger partial charge in [0.1, 0.15) is 5.75 Å². The zero-order valence-electron chi connectivity index (χ0n) is 11.5. The van der Waals surface area contributed by atoms with Crippen molar-refractivity contribution in [2.45, 2.75) is 11.1 Å². The van der Waals surface area contributed by atoms with Crippen LogP contribution in [0.4, 0.5) is 19.0 Å². The zero-order valence-corrected chi connectivity index (χ0v) is 12.4. The summed E-state index contributed by atoms with van der Waals surface area (Å²) < 4.78 is 65.0. The third kappa shape index (κ3) is 3.01. The second-order valence-electron chi connectivity index (χ2n) is 4.53. The molecule has 0 spiro atoms. The van der Waals surface area contributed by atoms with E-state index in [1.807, 2.05) is 0 Å². The minimum Gasteiger partial charge on any atom is -0.508 e. The van der Waals surface area contributed by atoms with Gasteiger partial charge < -0.3 is 5.11 Å². The first-order chi connectivity index (χ1) is 10.0. The van der Waals surface area contributed by atoms with E-state index in [9.17, 15) is 26.7 Å². The lowest BCUT2D eigenvalue weighted by molar-refractivity contribution is -0.137. The number of phenolic OH excluding ortho intramolecular Hbond substituents is 1. The number of rotatable bonds is 3. The van der Waals surface area contributed by atoms with Gasteiger partial charge in [0.05, 0.1) is 10.5 Å². The van der Waals surface area contributed by atoms with Crippen molar-refractivity contribution in [3.05, 3.63) is 36.0 Å². The average molecular weight is 335 g/mol. The molecule has 0 unspecified atom stereocenters. The van der Waals surface area contributed by atoms with Crippen molar-refractivity contribution >= 4 is 15.8 Å². The minimum absolute atomic E-state index is 0.0411. The maximum Gasteiger partial charge on any atom is 0.416 e. The highest BCUT2D eigenvalue weighted by molar-refractivity contribution is 7.92. The number of halogens is 3. The molecule has 1 N–H and O–H groups in total. The van der Waals surface area contributed by atoms with Crippen LogP contribution in [0.25, 0.3) is 0 Å². The quantitative estimate of drug-likeness (QED) is 0.930. The Hall–Kier alpha value is -2.23. The lowest BCUT2D eigenvalue weighted by Crippen LogP contribution is -2.27. The molecule has 1 aromatic carbocycles. The summed E-state index contributed by atoms with van der Waals surface area (Å²) in [6, 6.07) is 3.07. The van der Waals surface area contributed by atoms with E-state index in [0.29, 0.717) is 12.1 Å². The van der Waals surface area contributed by atoms with Gasteiger partial charge in [0.2, 0.25) is 0 Å². The molecule has 0 atom stereocenters. The summed E-state index contributed by atoms with van der Waals surface area (Å²) >= 11 is 0. The molecule has 0 saturated heterocycles. The second kappa shape index (κ2) is 5.20. The van der Waals surface area contributed by atoms with Crippen LogP contribution in [-0.4, -0.2) is 30.4 Å². The maximum absolute atomic E-state index is 12.7. The van der Waals surface area contributed by atoms with Crippen LogP contribution in [0.2, 0.25) is 0 Å². The molecule has 0 aliphatic heterocycles. The lowest BCUT2D eigenvalue weighted by Gasteiger charge is -2.18. The molecule has 2 aromatic rings. The number of aryl methyl sites for hydroxylation is 1. The van der Waals surface area contributed by atoms with Crippen molar-refractivity contribution < 1.29 is 26.7 Å².